The molecule has 0 saturated carbocycles. The summed E-state index contributed by atoms with van der Waals surface area (Å²) in [6.45, 7) is 1.65. The highest BCUT2D eigenvalue weighted by atomic mass is 19.1. The summed E-state index contributed by atoms with van der Waals surface area (Å²) >= 11 is 0. The van der Waals surface area contributed by atoms with Crippen molar-refractivity contribution < 1.29 is 23.5 Å². The van der Waals surface area contributed by atoms with Gasteiger partial charge in [-0.1, -0.05) is 0 Å². The fourth-order valence-corrected chi connectivity index (χ4v) is 2.58. The fourth-order valence-electron chi connectivity index (χ4n) is 2.58. The van der Waals surface area contributed by atoms with E-state index in [-0.39, 0.29) is 16.9 Å². The molecule has 1 fully saturated rings. The summed E-state index contributed by atoms with van der Waals surface area (Å²) in [6.07, 6.45) is 4.79. The minimum Gasteiger partial charge on any atom is -0.504 e. The summed E-state index contributed by atoms with van der Waals surface area (Å²) in [5, 5.41) is 11.8. The summed E-state index contributed by atoms with van der Waals surface area (Å²) < 4.78 is 18.9. The number of benzene rings is 1. The first-order chi connectivity index (χ1) is 11.6. The Morgan fingerprint density at radius 1 is 1.33 bits per heavy atom. The molecule has 1 aliphatic heterocycles. The molecule has 1 saturated heterocycles. The summed E-state index contributed by atoms with van der Waals surface area (Å²) in [5.74, 6) is -2.34. The fraction of sp³-hybridized carbons (Fsp3) is 0.312. The predicted molar refractivity (Wildman–Crippen MR) is 84.0 cm³/mol. The van der Waals surface area contributed by atoms with Gasteiger partial charge in [0.2, 0.25) is 0 Å². The summed E-state index contributed by atoms with van der Waals surface area (Å²) in [4.78, 5) is 29.1. The molecular formula is C16H16FN3O4. The number of hydrogen-bond acceptors (Lipinski definition) is 6. The van der Waals surface area contributed by atoms with Crippen LogP contribution in [0.2, 0.25) is 0 Å². The minimum absolute atomic E-state index is 0.0416. The van der Waals surface area contributed by atoms with Crippen molar-refractivity contribution in [2.45, 2.75) is 19.3 Å². The van der Waals surface area contributed by atoms with Crippen LogP contribution < -0.4 is 10.2 Å². The zero-order valence-corrected chi connectivity index (χ0v) is 12.8. The number of aromatic nitrogens is 1. The van der Waals surface area contributed by atoms with Crippen LogP contribution in [0.15, 0.2) is 22.8 Å². The number of halogens is 1. The number of aldehydes is 1. The molecule has 126 valence electrons. The second kappa shape index (κ2) is 6.69. The number of oxazole rings is 1. The van der Waals surface area contributed by atoms with Crippen LogP contribution in [0, 0.1) is 5.82 Å². The Bertz CT molecular complexity index is 769. The molecular weight excluding hydrogens is 317 g/mol. The number of aromatic hydroxyl groups is 1. The van der Waals surface area contributed by atoms with Crippen LogP contribution in [0.25, 0.3) is 0 Å². The van der Waals surface area contributed by atoms with Crippen LogP contribution in [0.5, 0.6) is 5.75 Å². The monoisotopic (exact) mass is 333 g/mol. The van der Waals surface area contributed by atoms with Crippen LogP contribution in [0.3, 0.4) is 0 Å². The zero-order valence-electron chi connectivity index (χ0n) is 12.8. The van der Waals surface area contributed by atoms with Crippen molar-refractivity contribution >= 4 is 23.9 Å². The molecule has 2 N–H and O–H groups in total. The Labute approximate surface area is 137 Å². The molecule has 8 heteroatoms. The zero-order chi connectivity index (χ0) is 17.1. The van der Waals surface area contributed by atoms with Gasteiger partial charge in [-0.05, 0) is 25.3 Å². The lowest BCUT2D eigenvalue weighted by Crippen LogP contribution is -2.29. The average molecular weight is 333 g/mol. The molecule has 1 aromatic heterocycles. The van der Waals surface area contributed by atoms with Crippen LogP contribution in [-0.2, 0) is 0 Å². The van der Waals surface area contributed by atoms with Gasteiger partial charge in [-0.15, -0.1) is 0 Å². The lowest BCUT2D eigenvalue weighted by molar-refractivity contribution is 0.102. The van der Waals surface area contributed by atoms with Crippen LogP contribution in [-0.4, -0.2) is 35.4 Å². The van der Waals surface area contributed by atoms with E-state index in [4.69, 9.17) is 4.42 Å². The first kappa shape index (κ1) is 16.0. The number of phenols is 1. The van der Waals surface area contributed by atoms with Crippen molar-refractivity contribution in [2.24, 2.45) is 0 Å². The van der Waals surface area contributed by atoms with Crippen LogP contribution >= 0.6 is 0 Å². The molecule has 24 heavy (non-hydrogen) atoms. The van der Waals surface area contributed by atoms with Crippen molar-refractivity contribution in [3.63, 3.8) is 0 Å². The van der Waals surface area contributed by atoms with Gasteiger partial charge >= 0.3 is 0 Å². The third kappa shape index (κ3) is 3.22. The predicted octanol–water partition coefficient (Wildman–Crippen LogP) is 2.57. The lowest BCUT2D eigenvalue weighted by atomic mass is 10.1. The van der Waals surface area contributed by atoms with Gasteiger partial charge in [0.1, 0.15) is 6.26 Å². The van der Waals surface area contributed by atoms with Gasteiger partial charge in [0.05, 0.1) is 5.56 Å². The smallest absolute Gasteiger partial charge is 0.297 e. The second-order valence-electron chi connectivity index (χ2n) is 5.53. The average Bonchev–Trinajstić information content (AvgIpc) is 3.09. The number of hydrogen-bond donors (Lipinski definition) is 2. The van der Waals surface area contributed by atoms with E-state index >= 15 is 0 Å². The number of nitrogens with zero attached hydrogens (tertiary/aromatic N) is 2. The maximum Gasteiger partial charge on any atom is 0.297 e. The molecule has 7 nitrogen and oxygen atoms in total. The number of amides is 1. The quantitative estimate of drug-likeness (QED) is 0.659. The highest BCUT2D eigenvalue weighted by Gasteiger charge is 2.19. The SMILES string of the molecule is O=Cc1cc(NC(=O)c2coc(N3CCCCC3)n2)cc(F)c1O. The van der Waals surface area contributed by atoms with Gasteiger partial charge in [0.15, 0.2) is 23.5 Å². The molecule has 1 aliphatic rings. The highest BCUT2D eigenvalue weighted by molar-refractivity contribution is 6.03. The van der Waals surface area contributed by atoms with Crippen LogP contribution in [0.1, 0.15) is 40.1 Å². The molecule has 0 bridgehead atoms. The number of carbonyl (C=O) groups is 2. The van der Waals surface area contributed by atoms with E-state index in [1.165, 1.54) is 12.3 Å². The number of rotatable bonds is 4. The number of carbonyl (C=O) groups excluding carboxylic acids is 2. The summed E-state index contributed by atoms with van der Waals surface area (Å²) in [6, 6.07) is 2.48. The number of anilines is 2. The van der Waals surface area contributed by atoms with Crippen molar-refractivity contribution in [3.8, 4) is 5.75 Å². The van der Waals surface area contributed by atoms with Crippen LogP contribution in [0.4, 0.5) is 16.1 Å². The molecule has 0 radical (unpaired) electrons. The Kier molecular flexibility index (Phi) is 4.45. The third-order valence-corrected chi connectivity index (χ3v) is 3.83. The van der Waals surface area contributed by atoms with E-state index in [0.717, 1.165) is 38.4 Å². The van der Waals surface area contributed by atoms with Gasteiger partial charge in [-0.25, -0.2) is 4.39 Å². The number of nitrogens with one attached hydrogen (secondary N) is 1. The largest absolute Gasteiger partial charge is 0.504 e. The molecule has 0 spiro atoms. The van der Waals surface area contributed by atoms with Crippen molar-refractivity contribution in [1.29, 1.82) is 0 Å². The van der Waals surface area contributed by atoms with E-state index < -0.39 is 17.5 Å². The Hall–Kier alpha value is -2.90. The Balaban J connectivity index is 1.74. The van der Waals surface area contributed by atoms with Crippen molar-refractivity contribution in [1.82, 2.24) is 4.98 Å². The molecule has 0 unspecified atom stereocenters. The van der Waals surface area contributed by atoms with Crippen molar-refractivity contribution in [2.75, 3.05) is 23.3 Å². The van der Waals surface area contributed by atoms with E-state index in [2.05, 4.69) is 10.3 Å². The molecule has 1 amide bonds. The summed E-state index contributed by atoms with van der Waals surface area (Å²) in [7, 11) is 0. The van der Waals surface area contributed by atoms with E-state index in [0.29, 0.717) is 12.3 Å². The normalized spacial score (nSPS) is 14.5. The highest BCUT2D eigenvalue weighted by Crippen LogP contribution is 2.25. The topological polar surface area (TPSA) is 95.7 Å². The molecule has 2 aromatic rings. The third-order valence-electron chi connectivity index (χ3n) is 3.83. The van der Waals surface area contributed by atoms with Gasteiger partial charge in [-0.3, -0.25) is 9.59 Å². The molecule has 1 aromatic carbocycles. The maximum atomic E-state index is 13.5. The maximum absolute atomic E-state index is 13.5. The van der Waals surface area contributed by atoms with E-state index in [1.54, 1.807) is 0 Å². The second-order valence-corrected chi connectivity index (χ2v) is 5.53. The summed E-state index contributed by atoms with van der Waals surface area (Å²) in [5.41, 5.74) is -0.156. The van der Waals surface area contributed by atoms with E-state index in [9.17, 15) is 19.1 Å². The minimum atomic E-state index is -0.996. The number of piperidine rings is 1. The standard InChI is InChI=1S/C16H16FN3O4/c17-12-7-11(6-10(8-21)14(12)22)18-15(23)13-9-24-16(19-13)20-4-2-1-3-5-20/h6-9,22H,1-5H2,(H,18,23). The van der Waals surface area contributed by atoms with Gasteiger partial charge in [-0.2, -0.15) is 4.98 Å². The lowest BCUT2D eigenvalue weighted by Gasteiger charge is -2.24. The van der Waals surface area contributed by atoms with Gasteiger partial charge in [0.25, 0.3) is 11.9 Å². The van der Waals surface area contributed by atoms with Gasteiger partial charge < -0.3 is 19.7 Å². The first-order valence-electron chi connectivity index (χ1n) is 7.58. The van der Waals surface area contributed by atoms with E-state index in [1.807, 2.05) is 4.90 Å². The van der Waals surface area contributed by atoms with Gasteiger partial charge in [0, 0.05) is 24.8 Å². The molecule has 2 heterocycles. The molecule has 3 rings (SSSR count). The number of phenolic OH excluding ortho intramolecular Hbond substituents is 1. The molecule has 0 atom stereocenters. The molecule has 0 aliphatic carbocycles. The Morgan fingerprint density at radius 3 is 2.79 bits per heavy atom. The Morgan fingerprint density at radius 2 is 2.08 bits per heavy atom. The first-order valence-corrected chi connectivity index (χ1v) is 7.58. The van der Waals surface area contributed by atoms with Crippen molar-refractivity contribution in [3.05, 3.63) is 35.5 Å².